The van der Waals surface area contributed by atoms with Crippen LogP contribution in [-0.2, 0) is 11.2 Å². The van der Waals surface area contributed by atoms with Crippen LogP contribution in [-0.4, -0.2) is 44.7 Å². The van der Waals surface area contributed by atoms with E-state index in [1.54, 1.807) is 6.20 Å². The number of rotatable bonds is 3. The van der Waals surface area contributed by atoms with E-state index in [0.29, 0.717) is 11.0 Å². The van der Waals surface area contributed by atoms with E-state index in [0.717, 1.165) is 43.4 Å². The molecule has 0 radical (unpaired) electrons. The number of aromatic nitrogens is 2. The van der Waals surface area contributed by atoms with Crippen LogP contribution in [0, 0.1) is 0 Å². The molecule has 3 atom stereocenters. The van der Waals surface area contributed by atoms with E-state index in [4.69, 9.17) is 21.3 Å². The molecule has 3 aliphatic rings. The number of carbonyl (C=O) groups is 1. The van der Waals surface area contributed by atoms with E-state index in [-0.39, 0.29) is 24.2 Å². The Morgan fingerprint density at radius 2 is 1.91 bits per heavy atom. The monoisotopic (exact) mass is 452 g/mol. The Balaban J connectivity index is 1.31. The molecule has 1 aromatic carbocycles. The maximum absolute atomic E-state index is 12.7. The normalized spacial score (nSPS) is 24.2. The summed E-state index contributed by atoms with van der Waals surface area (Å²) in [5.74, 6) is 0.588. The molecule has 168 valence electrons. The highest BCUT2D eigenvalue weighted by Gasteiger charge is 2.45. The molecule has 5 rings (SSSR count). The van der Waals surface area contributed by atoms with Gasteiger partial charge in [0.05, 0.1) is 16.9 Å². The van der Waals surface area contributed by atoms with Gasteiger partial charge in [0.15, 0.2) is 0 Å². The van der Waals surface area contributed by atoms with Crippen LogP contribution in [0.3, 0.4) is 0 Å². The summed E-state index contributed by atoms with van der Waals surface area (Å²) in [4.78, 5) is 23.9. The Morgan fingerprint density at radius 1 is 1.19 bits per heavy atom. The highest BCUT2D eigenvalue weighted by Crippen LogP contribution is 2.38. The van der Waals surface area contributed by atoms with Gasteiger partial charge in [0.25, 0.3) is 0 Å². The molecule has 2 bridgehead atoms. The summed E-state index contributed by atoms with van der Waals surface area (Å²) in [5, 5.41) is 4.07. The Bertz CT molecular complexity index is 1060. The lowest BCUT2D eigenvalue weighted by atomic mass is 9.98. The molecular weight excluding hydrogens is 424 g/mol. The van der Waals surface area contributed by atoms with Crippen molar-refractivity contribution in [2.24, 2.45) is 0 Å². The lowest BCUT2D eigenvalue weighted by molar-refractivity contribution is 0.00682. The third kappa shape index (κ3) is 4.08. The molecule has 0 unspecified atom stereocenters. The number of piperidine rings is 1. The maximum atomic E-state index is 12.7. The largest absolute Gasteiger partial charge is 0.444 e. The van der Waals surface area contributed by atoms with E-state index in [1.807, 2.05) is 31.7 Å². The number of amides is 1. The molecule has 32 heavy (non-hydrogen) atoms. The molecule has 2 saturated heterocycles. The average molecular weight is 453 g/mol. The van der Waals surface area contributed by atoms with E-state index >= 15 is 0 Å². The highest BCUT2D eigenvalue weighted by atomic mass is 35.5. The molecule has 6 nitrogen and oxygen atoms in total. The second-order valence-corrected chi connectivity index (χ2v) is 10.4. The van der Waals surface area contributed by atoms with Crippen molar-refractivity contribution in [2.45, 2.75) is 76.6 Å². The van der Waals surface area contributed by atoms with Crippen molar-refractivity contribution in [1.82, 2.24) is 14.9 Å². The van der Waals surface area contributed by atoms with Crippen LogP contribution in [0.1, 0.15) is 63.3 Å². The van der Waals surface area contributed by atoms with E-state index in [9.17, 15) is 4.79 Å². The van der Waals surface area contributed by atoms with Crippen LogP contribution in [0.2, 0.25) is 5.02 Å². The summed E-state index contributed by atoms with van der Waals surface area (Å²) in [7, 11) is 0. The molecule has 0 spiro atoms. The zero-order chi connectivity index (χ0) is 22.5. The number of anilines is 1. The smallest absolute Gasteiger partial charge is 0.410 e. The van der Waals surface area contributed by atoms with Crippen LogP contribution in [0.4, 0.5) is 10.7 Å². The van der Waals surface area contributed by atoms with Crippen molar-refractivity contribution in [1.29, 1.82) is 0 Å². The maximum Gasteiger partial charge on any atom is 0.410 e. The predicted octanol–water partition coefficient (Wildman–Crippen LogP) is 5.46. The minimum absolute atomic E-state index is 0.192. The minimum atomic E-state index is -0.479. The standard InChI is InChI=1S/C25H29ClN4O2/c1-25(2,3)32-24(31)30-17-9-10-18(30)13-16(12-17)28-23-27-14-21(26)22(29-23)20-11-8-15-6-4-5-7-19(15)20/h4-7,11,14,16-18H,8-10,12-13H2,1-3H3,(H,27,28,29)/t16-,17+,18-. The molecule has 2 aromatic rings. The van der Waals surface area contributed by atoms with Crippen LogP contribution < -0.4 is 5.32 Å². The van der Waals surface area contributed by atoms with Crippen molar-refractivity contribution < 1.29 is 9.53 Å². The number of ether oxygens (including phenoxy) is 1. The van der Waals surface area contributed by atoms with E-state index in [1.165, 1.54) is 11.1 Å². The summed E-state index contributed by atoms with van der Waals surface area (Å²) in [6, 6.07) is 8.95. The zero-order valence-electron chi connectivity index (χ0n) is 18.8. The van der Waals surface area contributed by atoms with Gasteiger partial charge in [0.1, 0.15) is 5.60 Å². The first-order valence-electron chi connectivity index (χ1n) is 11.4. The van der Waals surface area contributed by atoms with Gasteiger partial charge in [-0.05, 0) is 64.0 Å². The first kappa shape index (κ1) is 21.3. The summed E-state index contributed by atoms with van der Waals surface area (Å²) < 4.78 is 5.65. The lowest BCUT2D eigenvalue weighted by Crippen LogP contribution is -2.51. The lowest BCUT2D eigenvalue weighted by Gasteiger charge is -2.39. The van der Waals surface area contributed by atoms with Gasteiger partial charge in [-0.3, -0.25) is 0 Å². The Morgan fingerprint density at radius 3 is 2.62 bits per heavy atom. The van der Waals surface area contributed by atoms with Gasteiger partial charge >= 0.3 is 6.09 Å². The molecule has 1 aliphatic carbocycles. The molecule has 1 amide bonds. The highest BCUT2D eigenvalue weighted by molar-refractivity contribution is 6.32. The molecule has 3 heterocycles. The topological polar surface area (TPSA) is 67.3 Å². The molecule has 2 fully saturated rings. The van der Waals surface area contributed by atoms with E-state index < -0.39 is 5.60 Å². The number of nitrogens with one attached hydrogen (secondary N) is 1. The first-order valence-corrected chi connectivity index (χ1v) is 11.8. The number of hydrogen-bond donors (Lipinski definition) is 1. The molecule has 1 N–H and O–H groups in total. The number of benzene rings is 1. The fourth-order valence-corrected chi connectivity index (χ4v) is 5.42. The summed E-state index contributed by atoms with van der Waals surface area (Å²) in [6.07, 6.45) is 8.31. The summed E-state index contributed by atoms with van der Waals surface area (Å²) >= 11 is 6.50. The Labute approximate surface area is 194 Å². The van der Waals surface area contributed by atoms with Crippen molar-refractivity contribution in [3.05, 3.63) is 58.4 Å². The molecule has 2 aliphatic heterocycles. The number of nitrogens with zero attached hydrogens (tertiary/aromatic N) is 3. The predicted molar refractivity (Wildman–Crippen MR) is 126 cm³/mol. The van der Waals surface area contributed by atoms with Gasteiger partial charge in [0, 0.05) is 23.7 Å². The summed E-state index contributed by atoms with van der Waals surface area (Å²) in [6.45, 7) is 5.73. The van der Waals surface area contributed by atoms with Crippen molar-refractivity contribution in [3.8, 4) is 0 Å². The number of carbonyl (C=O) groups excluding carboxylic acids is 1. The van der Waals surface area contributed by atoms with Gasteiger partial charge < -0.3 is 15.0 Å². The third-order valence-electron chi connectivity index (χ3n) is 6.50. The number of fused-ring (bicyclic) bond motifs is 3. The fraction of sp³-hybridized carbons (Fsp3) is 0.480. The Kier molecular flexibility index (Phi) is 5.36. The first-order chi connectivity index (χ1) is 15.3. The van der Waals surface area contributed by atoms with Crippen LogP contribution in [0.5, 0.6) is 0 Å². The van der Waals surface area contributed by atoms with Crippen molar-refractivity contribution in [2.75, 3.05) is 5.32 Å². The molecule has 7 heteroatoms. The SMILES string of the molecule is CC(C)(C)OC(=O)N1[C@@H]2CC[C@H]1C[C@@H](Nc1ncc(Cl)c(C3=CCc4ccccc43)n1)C2. The quantitative estimate of drug-likeness (QED) is 0.669. The molecule has 0 saturated carbocycles. The number of allylic oxidation sites excluding steroid dienone is 1. The number of halogens is 1. The van der Waals surface area contributed by atoms with Gasteiger partial charge in [-0.1, -0.05) is 41.9 Å². The van der Waals surface area contributed by atoms with Gasteiger partial charge in [-0.2, -0.15) is 0 Å². The number of hydrogen-bond acceptors (Lipinski definition) is 5. The average Bonchev–Trinajstić information content (AvgIpc) is 3.27. The third-order valence-corrected chi connectivity index (χ3v) is 6.78. The van der Waals surface area contributed by atoms with Gasteiger partial charge in [-0.25, -0.2) is 14.8 Å². The second-order valence-electron chi connectivity index (χ2n) is 9.95. The van der Waals surface area contributed by atoms with Crippen LogP contribution in [0.25, 0.3) is 5.57 Å². The van der Waals surface area contributed by atoms with Gasteiger partial charge in [0.2, 0.25) is 5.95 Å². The molecular formula is C25H29ClN4O2. The van der Waals surface area contributed by atoms with Gasteiger partial charge in [-0.15, -0.1) is 0 Å². The fourth-order valence-electron chi connectivity index (χ4n) is 5.22. The molecule has 1 aromatic heterocycles. The summed E-state index contributed by atoms with van der Waals surface area (Å²) in [5.41, 5.74) is 3.83. The van der Waals surface area contributed by atoms with Crippen molar-refractivity contribution in [3.63, 3.8) is 0 Å². The Hall–Kier alpha value is -2.60. The van der Waals surface area contributed by atoms with Crippen molar-refractivity contribution >= 4 is 29.2 Å². The minimum Gasteiger partial charge on any atom is -0.444 e. The van der Waals surface area contributed by atoms with Crippen LogP contribution >= 0.6 is 11.6 Å². The van der Waals surface area contributed by atoms with E-state index in [2.05, 4.69) is 34.6 Å². The zero-order valence-corrected chi connectivity index (χ0v) is 19.5. The second kappa shape index (κ2) is 8.07. The van der Waals surface area contributed by atoms with Crippen LogP contribution in [0.15, 0.2) is 36.5 Å².